The van der Waals surface area contributed by atoms with Crippen LogP contribution in [0, 0.1) is 13.8 Å². The van der Waals surface area contributed by atoms with Crippen molar-refractivity contribution in [1.29, 1.82) is 0 Å². The van der Waals surface area contributed by atoms with Gasteiger partial charge >= 0.3 is 6.18 Å². The number of halogens is 3. The molecule has 5 rings (SSSR count). The van der Waals surface area contributed by atoms with Gasteiger partial charge in [-0.25, -0.2) is 0 Å². The second kappa shape index (κ2) is 10.5. The van der Waals surface area contributed by atoms with Crippen molar-refractivity contribution in [3.8, 4) is 5.69 Å². The number of aromatic nitrogens is 2. The largest absolute Gasteiger partial charge is 0.418 e. The number of thiocarbonyl (C=S) groups is 1. The number of para-hydroxylation sites is 2. The molecule has 1 saturated heterocycles. The fourth-order valence-corrected chi connectivity index (χ4v) is 5.46. The monoisotopic (exact) mass is 549 g/mol. The molecule has 3 heterocycles. The molecule has 2 N–H and O–H groups in total. The minimum Gasteiger partial charge on any atom is -0.352 e. The summed E-state index contributed by atoms with van der Waals surface area (Å²) in [4.78, 5) is 19.4. The molecule has 0 unspecified atom stereocenters. The Labute approximate surface area is 229 Å². The Hall–Kier alpha value is -4.18. The number of anilines is 1. The summed E-state index contributed by atoms with van der Waals surface area (Å²) in [5, 5.41) is 6.54. The van der Waals surface area contributed by atoms with Crippen molar-refractivity contribution < 1.29 is 18.0 Å². The summed E-state index contributed by atoms with van der Waals surface area (Å²) >= 11 is 5.68. The Kier molecular flexibility index (Phi) is 7.14. The molecule has 1 fully saturated rings. The standard InChI is InChI=1S/C29H26F3N5OS/c1-18-16-21(19(2)37(18)24-14-7-6-12-22(24)29(30,31)32)27-26(23-13-8-9-15-33-23)35-28(39)36(27)17-25(38)34-20-10-4-3-5-11-20/h3-16,26-27H,17H2,1-2H3,(H,34,38)(H,35,39)/t26-,27+/m1/s1. The Bertz CT molecular complexity index is 1500. The van der Waals surface area contributed by atoms with E-state index in [1.807, 2.05) is 36.4 Å². The van der Waals surface area contributed by atoms with Crippen LogP contribution in [-0.4, -0.2) is 32.0 Å². The third-order valence-corrected chi connectivity index (χ3v) is 7.16. The molecule has 0 bridgehead atoms. The van der Waals surface area contributed by atoms with Crippen LogP contribution in [0.15, 0.2) is 85.1 Å². The number of alkyl halides is 3. The summed E-state index contributed by atoms with van der Waals surface area (Å²) in [5.74, 6) is -0.270. The van der Waals surface area contributed by atoms with E-state index in [1.165, 1.54) is 12.1 Å². The zero-order chi connectivity index (χ0) is 27.7. The first kappa shape index (κ1) is 26.4. The second-order valence-electron chi connectivity index (χ2n) is 9.35. The van der Waals surface area contributed by atoms with E-state index in [4.69, 9.17) is 12.2 Å². The predicted octanol–water partition coefficient (Wildman–Crippen LogP) is 6.12. The molecule has 1 aliphatic rings. The van der Waals surface area contributed by atoms with Crippen molar-refractivity contribution in [1.82, 2.24) is 19.8 Å². The predicted molar refractivity (Wildman–Crippen MR) is 147 cm³/mol. The summed E-state index contributed by atoms with van der Waals surface area (Å²) in [6.07, 6.45) is -2.85. The average molecular weight is 550 g/mol. The van der Waals surface area contributed by atoms with Crippen LogP contribution in [0.5, 0.6) is 0 Å². The molecule has 2 atom stereocenters. The molecule has 1 amide bonds. The molecule has 4 aromatic rings. The zero-order valence-electron chi connectivity index (χ0n) is 21.2. The van der Waals surface area contributed by atoms with Crippen LogP contribution in [0.3, 0.4) is 0 Å². The van der Waals surface area contributed by atoms with Crippen LogP contribution >= 0.6 is 12.2 Å². The van der Waals surface area contributed by atoms with Crippen molar-refractivity contribution in [3.05, 3.63) is 113 Å². The maximum atomic E-state index is 13.9. The summed E-state index contributed by atoms with van der Waals surface area (Å²) < 4.78 is 43.4. The molecular formula is C29H26F3N5OS. The molecule has 10 heteroatoms. The smallest absolute Gasteiger partial charge is 0.352 e. The number of hydrogen-bond acceptors (Lipinski definition) is 3. The SMILES string of the molecule is Cc1cc([C@H]2[C@@H](c3ccccn3)NC(=S)N2CC(=O)Nc2ccccc2)c(C)n1-c1ccccc1C(F)(F)F. The highest BCUT2D eigenvalue weighted by atomic mass is 32.1. The lowest BCUT2D eigenvalue weighted by Crippen LogP contribution is -2.37. The number of nitrogens with zero attached hydrogens (tertiary/aromatic N) is 3. The van der Waals surface area contributed by atoms with Crippen LogP contribution in [0.4, 0.5) is 18.9 Å². The number of nitrogens with one attached hydrogen (secondary N) is 2. The highest BCUT2D eigenvalue weighted by Crippen LogP contribution is 2.42. The Morgan fingerprint density at radius 2 is 1.72 bits per heavy atom. The molecule has 39 heavy (non-hydrogen) atoms. The van der Waals surface area contributed by atoms with Gasteiger partial charge in [0.15, 0.2) is 5.11 Å². The highest BCUT2D eigenvalue weighted by molar-refractivity contribution is 7.80. The first-order chi connectivity index (χ1) is 18.6. The quantitative estimate of drug-likeness (QED) is 0.284. The zero-order valence-corrected chi connectivity index (χ0v) is 22.1. The van der Waals surface area contributed by atoms with Crippen molar-refractivity contribution in [2.24, 2.45) is 0 Å². The van der Waals surface area contributed by atoms with Gasteiger partial charge in [0.2, 0.25) is 5.91 Å². The van der Waals surface area contributed by atoms with Gasteiger partial charge in [-0.15, -0.1) is 0 Å². The maximum Gasteiger partial charge on any atom is 0.418 e. The van der Waals surface area contributed by atoms with E-state index < -0.39 is 23.8 Å². The fraction of sp³-hybridized carbons (Fsp3) is 0.207. The molecule has 0 aliphatic carbocycles. The van der Waals surface area contributed by atoms with E-state index in [9.17, 15) is 18.0 Å². The van der Waals surface area contributed by atoms with E-state index in [-0.39, 0.29) is 18.1 Å². The van der Waals surface area contributed by atoms with E-state index >= 15 is 0 Å². The summed E-state index contributed by atoms with van der Waals surface area (Å²) in [6, 6.07) is 21.1. The lowest BCUT2D eigenvalue weighted by molar-refractivity contribution is -0.137. The van der Waals surface area contributed by atoms with Gasteiger partial charge in [-0.2, -0.15) is 13.2 Å². The van der Waals surface area contributed by atoms with Gasteiger partial charge in [0.1, 0.15) is 6.54 Å². The number of aryl methyl sites for hydroxylation is 1. The third-order valence-electron chi connectivity index (χ3n) is 6.81. The summed E-state index contributed by atoms with van der Waals surface area (Å²) in [6.45, 7) is 3.50. The lowest BCUT2D eigenvalue weighted by Gasteiger charge is -2.28. The van der Waals surface area contributed by atoms with Gasteiger partial charge in [0, 0.05) is 23.3 Å². The number of pyridine rings is 1. The maximum absolute atomic E-state index is 13.9. The molecule has 1 aliphatic heterocycles. The number of rotatable bonds is 6. The molecule has 0 spiro atoms. The van der Waals surface area contributed by atoms with Crippen LogP contribution in [-0.2, 0) is 11.0 Å². The second-order valence-corrected chi connectivity index (χ2v) is 9.73. The van der Waals surface area contributed by atoms with Crippen LogP contribution in [0.1, 0.15) is 40.3 Å². The van der Waals surface area contributed by atoms with Crippen LogP contribution < -0.4 is 10.6 Å². The van der Waals surface area contributed by atoms with Gasteiger partial charge in [-0.1, -0.05) is 36.4 Å². The molecule has 2 aromatic heterocycles. The van der Waals surface area contributed by atoms with Gasteiger partial charge in [-0.05, 0) is 74.1 Å². The molecule has 200 valence electrons. The molecular weight excluding hydrogens is 523 g/mol. The topological polar surface area (TPSA) is 62.2 Å². The van der Waals surface area contributed by atoms with Gasteiger partial charge in [0.25, 0.3) is 0 Å². The van der Waals surface area contributed by atoms with E-state index in [0.29, 0.717) is 27.9 Å². The molecule has 0 saturated carbocycles. The Morgan fingerprint density at radius 1 is 1.03 bits per heavy atom. The third kappa shape index (κ3) is 5.24. The molecule has 6 nitrogen and oxygen atoms in total. The lowest BCUT2D eigenvalue weighted by atomic mass is 9.96. The van der Waals surface area contributed by atoms with Crippen LogP contribution in [0.2, 0.25) is 0 Å². The first-order valence-corrected chi connectivity index (χ1v) is 12.7. The van der Waals surface area contributed by atoms with Gasteiger partial charge in [0.05, 0.1) is 29.0 Å². The first-order valence-electron chi connectivity index (χ1n) is 12.3. The highest BCUT2D eigenvalue weighted by Gasteiger charge is 2.42. The molecule has 0 radical (unpaired) electrons. The average Bonchev–Trinajstić information content (AvgIpc) is 3.39. The van der Waals surface area contributed by atoms with Crippen molar-refractivity contribution in [2.45, 2.75) is 32.1 Å². The number of hydrogen-bond donors (Lipinski definition) is 2. The summed E-state index contributed by atoms with van der Waals surface area (Å²) in [7, 11) is 0. The summed E-state index contributed by atoms with van der Waals surface area (Å²) in [5.41, 5.74) is 2.68. The minimum atomic E-state index is -4.52. The number of carbonyl (C=O) groups is 1. The minimum absolute atomic E-state index is 0.0440. The van der Waals surface area contributed by atoms with Crippen molar-refractivity contribution in [2.75, 3.05) is 11.9 Å². The fourth-order valence-electron chi connectivity index (χ4n) is 5.16. The number of amides is 1. The van der Waals surface area contributed by atoms with E-state index in [0.717, 1.165) is 11.6 Å². The Balaban J connectivity index is 1.58. The van der Waals surface area contributed by atoms with Gasteiger partial charge in [-0.3, -0.25) is 9.78 Å². The molecule has 2 aromatic carbocycles. The number of carbonyl (C=O) groups excluding carboxylic acids is 1. The Morgan fingerprint density at radius 3 is 2.41 bits per heavy atom. The van der Waals surface area contributed by atoms with Crippen molar-refractivity contribution in [3.63, 3.8) is 0 Å². The van der Waals surface area contributed by atoms with Crippen molar-refractivity contribution >= 4 is 28.9 Å². The normalized spacial score (nSPS) is 17.3. The van der Waals surface area contributed by atoms with E-state index in [1.54, 1.807) is 53.8 Å². The van der Waals surface area contributed by atoms with Crippen LogP contribution in [0.25, 0.3) is 5.69 Å². The van der Waals surface area contributed by atoms with E-state index in [2.05, 4.69) is 15.6 Å². The van der Waals surface area contributed by atoms with Gasteiger partial charge < -0.3 is 20.1 Å². The number of benzene rings is 2.